The van der Waals surface area contributed by atoms with Crippen LogP contribution in [0.25, 0.3) is 0 Å². The Bertz CT molecular complexity index is 1450. The molecule has 6 nitrogen and oxygen atoms in total. The molecule has 0 aliphatic carbocycles. The van der Waals surface area contributed by atoms with Crippen molar-refractivity contribution in [2.75, 3.05) is 30.4 Å². The number of carbonyl (C=O) groups excluding carboxylic acids is 2. The van der Waals surface area contributed by atoms with Crippen LogP contribution < -0.4 is 10.2 Å². The molecule has 2 heterocycles. The first kappa shape index (κ1) is 35.9. The Hall–Kier alpha value is -2.61. The number of ether oxygens (including phenoxy) is 1. The van der Waals surface area contributed by atoms with Gasteiger partial charge in [-0.2, -0.15) is 0 Å². The number of likely N-dealkylation sites (tertiary alicyclic amines) is 1. The number of fused-ring (bicyclic) bond motifs is 1. The Labute approximate surface area is 279 Å². The van der Waals surface area contributed by atoms with Crippen molar-refractivity contribution in [1.82, 2.24) is 4.90 Å². The number of piperidine rings is 1. The lowest BCUT2D eigenvalue weighted by Crippen LogP contribution is -2.56. The second-order valence-electron chi connectivity index (χ2n) is 12.3. The van der Waals surface area contributed by atoms with Gasteiger partial charge in [0.05, 0.1) is 5.69 Å². The zero-order chi connectivity index (χ0) is 29.9. The molecule has 1 fully saturated rings. The first-order valence-corrected chi connectivity index (χ1v) is 15.4. The van der Waals surface area contributed by atoms with Gasteiger partial charge in [0.1, 0.15) is 5.72 Å². The van der Waals surface area contributed by atoms with Crippen LogP contribution in [0.3, 0.4) is 0 Å². The molecule has 5 rings (SSSR count). The fraction of sp³-hybridized carbons (Fsp3) is 0.429. The summed E-state index contributed by atoms with van der Waals surface area (Å²) in [5.41, 5.74) is 3.91. The summed E-state index contributed by atoms with van der Waals surface area (Å²) in [7, 11) is 1.73. The molecule has 2 aliphatic heterocycles. The monoisotopic (exact) mass is 659 g/mol. The van der Waals surface area contributed by atoms with Gasteiger partial charge >= 0.3 is 0 Å². The summed E-state index contributed by atoms with van der Waals surface area (Å²) >= 11 is 6.41. The third kappa shape index (κ3) is 7.60. The van der Waals surface area contributed by atoms with E-state index < -0.39 is 5.72 Å². The van der Waals surface area contributed by atoms with Gasteiger partial charge in [0.25, 0.3) is 11.8 Å². The van der Waals surface area contributed by atoms with Crippen LogP contribution in [-0.2, 0) is 11.2 Å². The summed E-state index contributed by atoms with van der Waals surface area (Å²) < 4.78 is 6.39. The molecule has 3 aromatic rings. The van der Waals surface area contributed by atoms with Crippen molar-refractivity contribution in [2.24, 2.45) is 0 Å². The molecule has 0 saturated carbocycles. The van der Waals surface area contributed by atoms with Crippen molar-refractivity contribution in [3.8, 4) is 0 Å². The fourth-order valence-corrected chi connectivity index (χ4v) is 6.78. The van der Waals surface area contributed by atoms with Gasteiger partial charge < -0.3 is 10.1 Å². The van der Waals surface area contributed by atoms with Gasteiger partial charge in [0.2, 0.25) is 0 Å². The smallest absolute Gasteiger partial charge is 0.260 e. The minimum Gasteiger partial charge on any atom is -0.358 e. The molecule has 0 radical (unpaired) electrons. The van der Waals surface area contributed by atoms with Crippen LogP contribution in [0.15, 0.2) is 66.7 Å². The van der Waals surface area contributed by atoms with Crippen LogP contribution in [0.5, 0.6) is 0 Å². The first-order chi connectivity index (χ1) is 20.1. The number of benzene rings is 3. The molecule has 1 saturated heterocycles. The molecule has 2 aliphatic rings. The summed E-state index contributed by atoms with van der Waals surface area (Å²) in [5.74, 6) is -0.304. The quantitative estimate of drug-likeness (QED) is 0.275. The van der Waals surface area contributed by atoms with E-state index in [-0.39, 0.29) is 42.2 Å². The van der Waals surface area contributed by atoms with Crippen LogP contribution in [0.2, 0.25) is 5.02 Å². The van der Waals surface area contributed by atoms with E-state index >= 15 is 0 Å². The van der Waals surface area contributed by atoms with Gasteiger partial charge in [-0.15, -0.1) is 24.8 Å². The summed E-state index contributed by atoms with van der Waals surface area (Å²) in [6.07, 6.45) is 6.75. The van der Waals surface area contributed by atoms with Crippen molar-refractivity contribution in [2.45, 2.75) is 77.0 Å². The van der Waals surface area contributed by atoms with Crippen molar-refractivity contribution in [3.05, 3.63) is 94.0 Å². The number of hydrogen-bond acceptors (Lipinski definition) is 4. The van der Waals surface area contributed by atoms with Crippen molar-refractivity contribution >= 4 is 59.6 Å². The predicted octanol–water partition coefficient (Wildman–Crippen LogP) is 8.72. The average Bonchev–Trinajstić information content (AvgIpc) is 3.13. The number of carbonyl (C=O) groups is 2. The van der Waals surface area contributed by atoms with E-state index in [1.807, 2.05) is 48.2 Å². The maximum atomic E-state index is 14.5. The molecular formula is C35H44Cl3N3O3. The summed E-state index contributed by atoms with van der Waals surface area (Å²) in [6, 6.07) is 20.4. The highest BCUT2D eigenvalue weighted by atomic mass is 35.5. The number of hydrogen-bond donors (Lipinski definition) is 1. The second-order valence-corrected chi connectivity index (χ2v) is 12.7. The molecule has 0 aromatic heterocycles. The minimum atomic E-state index is -0.804. The van der Waals surface area contributed by atoms with E-state index in [4.69, 9.17) is 16.3 Å². The Morgan fingerprint density at radius 1 is 0.955 bits per heavy atom. The highest BCUT2D eigenvalue weighted by Crippen LogP contribution is 2.41. The summed E-state index contributed by atoms with van der Waals surface area (Å²) in [5, 5.41) is 3.62. The van der Waals surface area contributed by atoms with E-state index in [1.54, 1.807) is 37.4 Å². The van der Waals surface area contributed by atoms with E-state index in [2.05, 4.69) is 24.1 Å². The molecule has 3 aromatic carbocycles. The topological polar surface area (TPSA) is 61.9 Å². The van der Waals surface area contributed by atoms with Crippen LogP contribution >= 0.6 is 36.4 Å². The third-order valence-corrected chi connectivity index (χ3v) is 9.40. The fourth-order valence-electron chi connectivity index (χ4n) is 6.58. The van der Waals surface area contributed by atoms with Crippen LogP contribution in [0.1, 0.15) is 84.2 Å². The Morgan fingerprint density at radius 2 is 1.68 bits per heavy atom. The molecule has 0 spiro atoms. The number of aryl methyl sites for hydroxylation is 2. The van der Waals surface area contributed by atoms with E-state index in [9.17, 15) is 9.59 Å². The van der Waals surface area contributed by atoms with Crippen molar-refractivity contribution in [3.63, 3.8) is 0 Å². The second kappa shape index (κ2) is 15.1. The maximum absolute atomic E-state index is 14.5. The largest absolute Gasteiger partial charge is 0.358 e. The number of rotatable bonds is 7. The number of methoxy groups -OCH3 is 1. The molecule has 2 amide bonds. The van der Waals surface area contributed by atoms with Gasteiger partial charge in [-0.1, -0.05) is 36.2 Å². The van der Waals surface area contributed by atoms with Crippen LogP contribution in [-0.4, -0.2) is 48.2 Å². The maximum Gasteiger partial charge on any atom is 0.260 e. The lowest BCUT2D eigenvalue weighted by atomic mass is 9.89. The minimum absolute atomic E-state index is 0. The first-order valence-electron chi connectivity index (χ1n) is 15.0. The van der Waals surface area contributed by atoms with E-state index in [1.165, 1.54) is 19.3 Å². The van der Waals surface area contributed by atoms with Gasteiger partial charge in [0, 0.05) is 47.5 Å². The molecule has 1 N–H and O–H groups in total. The Balaban J connectivity index is 0.00000264. The molecule has 1 atom stereocenters. The molecule has 44 heavy (non-hydrogen) atoms. The summed E-state index contributed by atoms with van der Waals surface area (Å²) in [6.45, 7) is 8.45. The lowest BCUT2D eigenvalue weighted by molar-refractivity contribution is -0.0392. The van der Waals surface area contributed by atoms with Gasteiger partial charge in [-0.05, 0) is 119 Å². The zero-order valence-electron chi connectivity index (χ0n) is 26.0. The molecule has 0 bridgehead atoms. The van der Waals surface area contributed by atoms with Gasteiger partial charge in [-0.25, -0.2) is 0 Å². The van der Waals surface area contributed by atoms with Crippen molar-refractivity contribution in [1.29, 1.82) is 0 Å². The van der Waals surface area contributed by atoms with Gasteiger partial charge in [0.15, 0.2) is 0 Å². The van der Waals surface area contributed by atoms with Crippen LogP contribution in [0, 0.1) is 6.92 Å². The number of anilines is 2. The molecular weight excluding hydrogens is 617 g/mol. The summed E-state index contributed by atoms with van der Waals surface area (Å²) in [4.78, 5) is 31.8. The molecule has 9 heteroatoms. The highest BCUT2D eigenvalue weighted by molar-refractivity contribution is 6.30. The molecule has 238 valence electrons. The van der Waals surface area contributed by atoms with Crippen molar-refractivity contribution < 1.29 is 14.3 Å². The Kier molecular flexibility index (Phi) is 12.3. The average molecular weight is 661 g/mol. The third-order valence-electron chi connectivity index (χ3n) is 9.16. The molecule has 1 unspecified atom stereocenters. The van der Waals surface area contributed by atoms with Gasteiger partial charge in [-0.3, -0.25) is 19.4 Å². The number of halogens is 3. The standard InChI is InChI=1S/C35H42ClN3O3.2ClH/c1-25-10-5-6-12-30(25)32(40)37-29-16-13-26(14-17-29)33(41)39-31-18-15-28(36)24-27(31)11-9-20-35(39,42-4)21-23-38-22-8-7-19-34(38,2)3;;/h5-6,10,12-18,24H,7-9,11,19-23H2,1-4H3,(H,37,40);2*1H. The predicted molar refractivity (Wildman–Crippen MR) is 185 cm³/mol. The number of nitrogens with one attached hydrogen (secondary N) is 1. The zero-order valence-corrected chi connectivity index (χ0v) is 28.4. The van der Waals surface area contributed by atoms with E-state index in [0.717, 1.165) is 49.2 Å². The van der Waals surface area contributed by atoms with Crippen LogP contribution in [0.4, 0.5) is 11.4 Å². The number of amides is 2. The Morgan fingerprint density at radius 3 is 2.36 bits per heavy atom. The number of nitrogens with zero attached hydrogens (tertiary/aromatic N) is 2. The lowest BCUT2D eigenvalue weighted by Gasteiger charge is -2.47. The SMILES string of the molecule is COC1(CCN2CCCCC2(C)C)CCCc2cc(Cl)ccc2N1C(=O)c1ccc(NC(=O)c2ccccc2C)cc1.Cl.Cl. The highest BCUT2D eigenvalue weighted by Gasteiger charge is 2.44. The van der Waals surface area contributed by atoms with E-state index in [0.29, 0.717) is 28.3 Å². The normalized spacial score (nSPS) is 19.5.